The van der Waals surface area contributed by atoms with E-state index in [9.17, 15) is 13.2 Å². The van der Waals surface area contributed by atoms with Gasteiger partial charge in [-0.05, 0) is 5.92 Å². The van der Waals surface area contributed by atoms with Crippen LogP contribution in [0.5, 0.6) is 0 Å². The van der Waals surface area contributed by atoms with Crippen LogP contribution in [-0.4, -0.2) is 6.67 Å². The molecule has 0 rings (SSSR count). The highest BCUT2D eigenvalue weighted by Crippen LogP contribution is 1.97. The first-order valence-corrected chi connectivity index (χ1v) is 1.50. The molecule has 0 fully saturated rings. The normalized spacial score (nSPS) is 8.00. The molecule has 39 valence electrons. The summed E-state index contributed by atoms with van der Waals surface area (Å²) in [6.07, 6.45) is -2.04. The maximum Gasteiger partial charge on any atom is 0.382 e. The van der Waals surface area contributed by atoms with Crippen LogP contribution in [0.1, 0.15) is 0 Å². The molecular weight excluding hydrogens is 105 g/mol. The van der Waals surface area contributed by atoms with Gasteiger partial charge < -0.3 is 0 Å². The number of hydrogen-bond acceptors (Lipinski definition) is 0. The lowest BCUT2D eigenvalue weighted by atomic mass is 10.6. The van der Waals surface area contributed by atoms with Gasteiger partial charge in [0.1, 0.15) is 0 Å². The van der Waals surface area contributed by atoms with Crippen LogP contribution in [0, 0.1) is 18.3 Å². The molecule has 0 aromatic rings. The average Bonchev–Trinajstić information content (AvgIpc) is 1.61. The van der Waals surface area contributed by atoms with E-state index in [1.54, 1.807) is 5.92 Å². The van der Waals surface area contributed by atoms with E-state index in [0.29, 0.717) is 0 Å². The largest absolute Gasteiger partial charge is 0.382 e. The van der Waals surface area contributed by atoms with Crippen LogP contribution in [0.2, 0.25) is 0 Å². The van der Waals surface area contributed by atoms with E-state index in [0.717, 1.165) is 0 Å². The van der Waals surface area contributed by atoms with Crippen LogP contribution in [0.3, 0.4) is 0 Å². The molecule has 7 heavy (non-hydrogen) atoms. The van der Waals surface area contributed by atoms with Crippen molar-refractivity contribution in [2.24, 2.45) is 0 Å². The van der Waals surface area contributed by atoms with Gasteiger partial charge in [-0.2, -0.15) is 8.78 Å². The Bertz CT molecular complexity index is 86.8. The smallest absolute Gasteiger partial charge is 0.237 e. The zero-order valence-electron chi connectivity index (χ0n) is 3.34. The molecule has 0 amide bonds. The fourth-order valence-electron chi connectivity index (χ4n) is 0.100. The van der Waals surface area contributed by atoms with Crippen molar-refractivity contribution >= 4 is 0 Å². The molecule has 0 saturated carbocycles. The van der Waals surface area contributed by atoms with Crippen LogP contribution < -0.4 is 0 Å². The van der Waals surface area contributed by atoms with E-state index >= 15 is 0 Å². The van der Waals surface area contributed by atoms with E-state index < -0.39 is 13.1 Å². The van der Waals surface area contributed by atoms with Gasteiger partial charge in [0, 0.05) is 0 Å². The fraction of sp³-hybridized carbons (Fsp3) is 0.250. The van der Waals surface area contributed by atoms with Crippen molar-refractivity contribution in [3.63, 3.8) is 0 Å². The van der Waals surface area contributed by atoms with Gasteiger partial charge in [-0.3, -0.25) is 0 Å². The Morgan fingerprint density at radius 3 is 2.14 bits per heavy atom. The van der Waals surface area contributed by atoms with E-state index in [1.807, 2.05) is 0 Å². The SMILES string of the molecule is FCC#C[C](F)F. The average molecular weight is 107 g/mol. The van der Waals surface area contributed by atoms with Gasteiger partial charge >= 0.3 is 6.43 Å². The zero-order valence-corrected chi connectivity index (χ0v) is 3.34. The van der Waals surface area contributed by atoms with Gasteiger partial charge in [0.2, 0.25) is 0 Å². The Balaban J connectivity index is 3.24. The van der Waals surface area contributed by atoms with Crippen molar-refractivity contribution < 1.29 is 13.2 Å². The highest BCUT2D eigenvalue weighted by atomic mass is 19.3. The second kappa shape index (κ2) is 3.54. The molecule has 0 saturated heterocycles. The molecule has 0 unspecified atom stereocenters. The van der Waals surface area contributed by atoms with Gasteiger partial charge in [-0.25, -0.2) is 4.39 Å². The molecule has 0 aliphatic carbocycles. The second-order valence-corrected chi connectivity index (χ2v) is 0.696. The first kappa shape index (κ1) is 6.35. The third-order valence-electron chi connectivity index (χ3n) is 0.250. The number of alkyl halides is 1. The van der Waals surface area contributed by atoms with Gasteiger partial charge in [0.05, 0.1) is 0 Å². The first-order valence-electron chi connectivity index (χ1n) is 1.50. The Morgan fingerprint density at radius 2 is 2.00 bits per heavy atom. The van der Waals surface area contributed by atoms with E-state index in [-0.39, 0.29) is 0 Å². The van der Waals surface area contributed by atoms with Crippen LogP contribution in [-0.2, 0) is 0 Å². The molecule has 0 nitrogen and oxygen atoms in total. The van der Waals surface area contributed by atoms with Crippen LogP contribution in [0.4, 0.5) is 13.2 Å². The van der Waals surface area contributed by atoms with E-state index in [2.05, 4.69) is 0 Å². The Kier molecular flexibility index (Phi) is 3.21. The van der Waals surface area contributed by atoms with Gasteiger partial charge in [0.15, 0.2) is 6.67 Å². The van der Waals surface area contributed by atoms with Crippen molar-refractivity contribution in [3.8, 4) is 11.8 Å². The highest BCUT2D eigenvalue weighted by Gasteiger charge is 1.93. The van der Waals surface area contributed by atoms with E-state index in [1.165, 1.54) is 5.92 Å². The number of hydrogen-bond donors (Lipinski definition) is 0. The predicted octanol–water partition coefficient (Wildman–Crippen LogP) is 1.39. The Morgan fingerprint density at radius 1 is 1.43 bits per heavy atom. The summed E-state index contributed by atoms with van der Waals surface area (Å²) in [5.74, 6) is 2.80. The summed E-state index contributed by atoms with van der Waals surface area (Å²) in [6, 6.07) is 0. The fourth-order valence-corrected chi connectivity index (χ4v) is 0.100. The maximum atomic E-state index is 10.8. The molecule has 0 aliphatic heterocycles. The van der Waals surface area contributed by atoms with Crippen LogP contribution in [0.25, 0.3) is 0 Å². The molecule has 0 aliphatic rings. The molecule has 3 heteroatoms. The lowest BCUT2D eigenvalue weighted by Crippen LogP contribution is -1.69. The Labute approximate surface area is 39.3 Å². The quantitative estimate of drug-likeness (QED) is 0.410. The second-order valence-electron chi connectivity index (χ2n) is 0.696. The summed E-state index contributed by atoms with van der Waals surface area (Å²) in [4.78, 5) is 0. The number of halogens is 3. The van der Waals surface area contributed by atoms with Gasteiger partial charge in [-0.15, -0.1) is 0 Å². The molecular formula is C4H2F3. The standard InChI is InChI=1S/C4H2F3/c5-3-1-2-4(6)7/h3H2. The summed E-state index contributed by atoms with van der Waals surface area (Å²) in [5.41, 5.74) is 0. The van der Waals surface area contributed by atoms with Crippen molar-refractivity contribution in [1.82, 2.24) is 0 Å². The molecule has 0 spiro atoms. The minimum atomic E-state index is -2.04. The summed E-state index contributed by atoms with van der Waals surface area (Å²) >= 11 is 0. The molecule has 0 atom stereocenters. The molecule has 0 aromatic heterocycles. The molecule has 0 heterocycles. The monoisotopic (exact) mass is 107 g/mol. The maximum absolute atomic E-state index is 10.8. The number of rotatable bonds is 0. The van der Waals surface area contributed by atoms with Crippen LogP contribution in [0.15, 0.2) is 0 Å². The lowest BCUT2D eigenvalue weighted by molar-refractivity contribution is 0.343. The minimum Gasteiger partial charge on any atom is -0.237 e. The van der Waals surface area contributed by atoms with Crippen molar-refractivity contribution in [3.05, 3.63) is 6.43 Å². The summed E-state index contributed by atoms with van der Waals surface area (Å²) in [5, 5.41) is 0. The van der Waals surface area contributed by atoms with Gasteiger partial charge in [-0.1, -0.05) is 5.92 Å². The third kappa shape index (κ3) is 5.35. The predicted molar refractivity (Wildman–Crippen MR) is 19.2 cm³/mol. The van der Waals surface area contributed by atoms with Gasteiger partial charge in [0.25, 0.3) is 0 Å². The zero-order chi connectivity index (χ0) is 5.70. The lowest BCUT2D eigenvalue weighted by Gasteiger charge is -1.71. The molecule has 0 N–H and O–H groups in total. The molecule has 1 radical (unpaired) electrons. The van der Waals surface area contributed by atoms with Crippen LogP contribution >= 0.6 is 0 Å². The first-order chi connectivity index (χ1) is 3.27. The highest BCUT2D eigenvalue weighted by molar-refractivity contribution is 5.09. The Hall–Kier alpha value is -0.650. The molecule has 0 bridgehead atoms. The van der Waals surface area contributed by atoms with Crippen molar-refractivity contribution in [2.75, 3.05) is 6.67 Å². The topological polar surface area (TPSA) is 0 Å². The van der Waals surface area contributed by atoms with Crippen molar-refractivity contribution in [2.45, 2.75) is 0 Å². The minimum absolute atomic E-state index is 1.02. The summed E-state index contributed by atoms with van der Waals surface area (Å²) in [6.45, 7) is -1.02. The summed E-state index contributed by atoms with van der Waals surface area (Å²) < 4.78 is 32.4. The molecule has 0 aromatic carbocycles. The third-order valence-corrected chi connectivity index (χ3v) is 0.250. The van der Waals surface area contributed by atoms with E-state index in [4.69, 9.17) is 0 Å². The summed E-state index contributed by atoms with van der Waals surface area (Å²) in [7, 11) is 0. The van der Waals surface area contributed by atoms with Crippen molar-refractivity contribution in [1.29, 1.82) is 0 Å².